The molecule has 96 valence electrons. The maximum Gasteiger partial charge on any atom is 0.219 e. The molecule has 1 aromatic carbocycles. The standard InChI is InChI=1S/C13H11FN4O/c1-7-12(17-6-18-13(7)19-2)9-4-11(16)8(5-15)3-10(9)14/h3-4,6H,16H2,1-2H3. The average molecular weight is 258 g/mol. The molecule has 0 fully saturated rings. The smallest absolute Gasteiger partial charge is 0.219 e. The highest BCUT2D eigenvalue weighted by molar-refractivity contribution is 5.71. The number of nitrogens with zero attached hydrogens (tertiary/aromatic N) is 3. The number of benzene rings is 1. The average Bonchev–Trinajstić information content (AvgIpc) is 2.41. The van der Waals surface area contributed by atoms with Gasteiger partial charge in [-0.05, 0) is 19.1 Å². The first-order valence-electron chi connectivity index (χ1n) is 5.43. The van der Waals surface area contributed by atoms with Crippen LogP contribution in [0.5, 0.6) is 5.88 Å². The van der Waals surface area contributed by atoms with Crippen LogP contribution in [0.3, 0.4) is 0 Å². The SMILES string of the molecule is COc1ncnc(-c2cc(N)c(C#N)cc2F)c1C. The zero-order chi connectivity index (χ0) is 14.0. The Labute approximate surface area is 109 Å². The van der Waals surface area contributed by atoms with E-state index in [4.69, 9.17) is 15.7 Å². The third-order valence-corrected chi connectivity index (χ3v) is 2.75. The van der Waals surface area contributed by atoms with Crippen molar-refractivity contribution in [2.75, 3.05) is 12.8 Å². The van der Waals surface area contributed by atoms with E-state index in [-0.39, 0.29) is 16.8 Å². The third kappa shape index (κ3) is 2.18. The van der Waals surface area contributed by atoms with Crippen molar-refractivity contribution in [3.8, 4) is 23.2 Å². The van der Waals surface area contributed by atoms with Crippen LogP contribution in [0.4, 0.5) is 10.1 Å². The minimum atomic E-state index is -0.561. The van der Waals surface area contributed by atoms with Gasteiger partial charge in [0, 0.05) is 11.1 Å². The first-order chi connectivity index (χ1) is 9.08. The second-order valence-electron chi connectivity index (χ2n) is 3.89. The Hall–Kier alpha value is -2.68. The fraction of sp³-hybridized carbons (Fsp3) is 0.154. The van der Waals surface area contributed by atoms with E-state index in [0.717, 1.165) is 6.07 Å². The van der Waals surface area contributed by atoms with Gasteiger partial charge in [0.1, 0.15) is 18.2 Å². The van der Waals surface area contributed by atoms with Gasteiger partial charge in [0.25, 0.3) is 0 Å². The van der Waals surface area contributed by atoms with Gasteiger partial charge in [0.2, 0.25) is 5.88 Å². The molecule has 0 saturated heterocycles. The number of halogens is 1. The highest BCUT2D eigenvalue weighted by atomic mass is 19.1. The highest BCUT2D eigenvalue weighted by Gasteiger charge is 2.15. The van der Waals surface area contributed by atoms with E-state index in [1.165, 1.54) is 19.5 Å². The zero-order valence-electron chi connectivity index (χ0n) is 10.4. The molecule has 0 radical (unpaired) electrons. The van der Waals surface area contributed by atoms with E-state index in [2.05, 4.69) is 9.97 Å². The number of nitrogens with two attached hydrogens (primary N) is 1. The van der Waals surface area contributed by atoms with E-state index in [1.807, 2.05) is 6.07 Å². The van der Waals surface area contributed by atoms with E-state index < -0.39 is 5.82 Å². The summed E-state index contributed by atoms with van der Waals surface area (Å²) in [6, 6.07) is 4.32. The predicted molar refractivity (Wildman–Crippen MR) is 67.8 cm³/mol. The Balaban J connectivity index is 2.67. The molecule has 1 heterocycles. The maximum absolute atomic E-state index is 14.0. The molecule has 0 aliphatic heterocycles. The largest absolute Gasteiger partial charge is 0.481 e. The van der Waals surface area contributed by atoms with Crippen LogP contribution in [0.15, 0.2) is 18.5 Å². The summed E-state index contributed by atoms with van der Waals surface area (Å²) < 4.78 is 19.1. The van der Waals surface area contributed by atoms with Gasteiger partial charge in [-0.25, -0.2) is 14.4 Å². The van der Waals surface area contributed by atoms with Crippen molar-refractivity contribution in [1.82, 2.24) is 9.97 Å². The Morgan fingerprint density at radius 1 is 1.37 bits per heavy atom. The van der Waals surface area contributed by atoms with E-state index in [9.17, 15) is 4.39 Å². The minimum Gasteiger partial charge on any atom is -0.481 e. The van der Waals surface area contributed by atoms with E-state index in [0.29, 0.717) is 17.1 Å². The molecule has 2 aromatic rings. The van der Waals surface area contributed by atoms with Crippen LogP contribution in [0.25, 0.3) is 11.3 Å². The maximum atomic E-state index is 14.0. The van der Waals surface area contributed by atoms with Crippen LogP contribution in [-0.2, 0) is 0 Å². The van der Waals surface area contributed by atoms with Gasteiger partial charge in [0.05, 0.1) is 24.1 Å². The van der Waals surface area contributed by atoms with Crippen LogP contribution < -0.4 is 10.5 Å². The second kappa shape index (κ2) is 4.90. The third-order valence-electron chi connectivity index (χ3n) is 2.75. The molecule has 5 nitrogen and oxygen atoms in total. The van der Waals surface area contributed by atoms with Crippen molar-refractivity contribution in [1.29, 1.82) is 5.26 Å². The number of nitriles is 1. The minimum absolute atomic E-state index is 0.0972. The lowest BCUT2D eigenvalue weighted by atomic mass is 10.0. The summed E-state index contributed by atoms with van der Waals surface area (Å²) in [5.74, 6) is -0.193. The van der Waals surface area contributed by atoms with Crippen molar-refractivity contribution in [2.24, 2.45) is 0 Å². The fourth-order valence-electron chi connectivity index (χ4n) is 1.78. The number of hydrogen-bond acceptors (Lipinski definition) is 5. The zero-order valence-corrected chi connectivity index (χ0v) is 10.4. The van der Waals surface area contributed by atoms with Gasteiger partial charge >= 0.3 is 0 Å². The molecular formula is C13H11FN4O. The molecule has 2 rings (SSSR count). The molecule has 6 heteroatoms. The summed E-state index contributed by atoms with van der Waals surface area (Å²) in [6.45, 7) is 1.72. The Kier molecular flexibility index (Phi) is 3.29. The number of anilines is 1. The van der Waals surface area contributed by atoms with Crippen molar-refractivity contribution >= 4 is 5.69 Å². The van der Waals surface area contributed by atoms with Crippen molar-refractivity contribution < 1.29 is 9.13 Å². The van der Waals surface area contributed by atoms with Crippen molar-refractivity contribution in [2.45, 2.75) is 6.92 Å². The Morgan fingerprint density at radius 3 is 2.74 bits per heavy atom. The van der Waals surface area contributed by atoms with Crippen molar-refractivity contribution in [3.05, 3.63) is 35.4 Å². The molecule has 0 aliphatic carbocycles. The van der Waals surface area contributed by atoms with Crippen molar-refractivity contribution in [3.63, 3.8) is 0 Å². The first kappa shape index (κ1) is 12.8. The molecule has 2 N–H and O–H groups in total. The summed E-state index contributed by atoms with van der Waals surface area (Å²) in [5, 5.41) is 8.80. The predicted octanol–water partition coefficient (Wildman–Crippen LogP) is 2.05. The molecule has 0 unspecified atom stereocenters. The summed E-state index contributed by atoms with van der Waals surface area (Å²) in [5.41, 5.74) is 7.21. The van der Waals surface area contributed by atoms with Gasteiger partial charge in [-0.1, -0.05) is 0 Å². The van der Waals surface area contributed by atoms with Crippen LogP contribution >= 0.6 is 0 Å². The van der Waals surface area contributed by atoms with Crippen LogP contribution in [-0.4, -0.2) is 17.1 Å². The quantitative estimate of drug-likeness (QED) is 0.833. The number of nitrogen functional groups attached to an aromatic ring is 1. The molecule has 0 amide bonds. The van der Waals surface area contributed by atoms with Crippen LogP contribution in [0.1, 0.15) is 11.1 Å². The monoisotopic (exact) mass is 258 g/mol. The van der Waals surface area contributed by atoms with Gasteiger partial charge in [-0.15, -0.1) is 0 Å². The van der Waals surface area contributed by atoms with E-state index in [1.54, 1.807) is 6.92 Å². The number of ether oxygens (including phenoxy) is 1. The molecule has 0 spiro atoms. The summed E-state index contributed by atoms with van der Waals surface area (Å²) in [4.78, 5) is 7.97. The Bertz CT molecular complexity index is 679. The number of aromatic nitrogens is 2. The highest BCUT2D eigenvalue weighted by Crippen LogP contribution is 2.30. The number of rotatable bonds is 2. The molecule has 19 heavy (non-hydrogen) atoms. The fourth-order valence-corrected chi connectivity index (χ4v) is 1.78. The summed E-state index contributed by atoms with van der Waals surface area (Å²) in [6.07, 6.45) is 1.29. The van der Waals surface area contributed by atoms with Gasteiger partial charge in [-0.2, -0.15) is 5.26 Å². The summed E-state index contributed by atoms with van der Waals surface area (Å²) >= 11 is 0. The lowest BCUT2D eigenvalue weighted by Gasteiger charge is -2.10. The molecular weight excluding hydrogens is 247 g/mol. The normalized spacial score (nSPS) is 10.0. The number of methoxy groups -OCH3 is 1. The van der Waals surface area contributed by atoms with Crippen LogP contribution in [0, 0.1) is 24.1 Å². The Morgan fingerprint density at radius 2 is 2.11 bits per heavy atom. The topological polar surface area (TPSA) is 84.8 Å². The van der Waals surface area contributed by atoms with Gasteiger partial charge in [0.15, 0.2) is 0 Å². The van der Waals surface area contributed by atoms with Gasteiger partial charge < -0.3 is 10.5 Å². The lowest BCUT2D eigenvalue weighted by Crippen LogP contribution is -2.00. The summed E-state index contributed by atoms with van der Waals surface area (Å²) in [7, 11) is 1.47. The molecule has 0 atom stereocenters. The molecule has 1 aromatic heterocycles. The second-order valence-corrected chi connectivity index (χ2v) is 3.89. The van der Waals surface area contributed by atoms with Gasteiger partial charge in [-0.3, -0.25) is 0 Å². The number of hydrogen-bond donors (Lipinski definition) is 1. The molecule has 0 bridgehead atoms. The van der Waals surface area contributed by atoms with E-state index >= 15 is 0 Å². The molecule has 0 saturated carbocycles. The lowest BCUT2D eigenvalue weighted by molar-refractivity contribution is 0.393. The van der Waals surface area contributed by atoms with Crippen LogP contribution in [0.2, 0.25) is 0 Å². The molecule has 0 aliphatic rings. The first-order valence-corrected chi connectivity index (χ1v) is 5.43.